The van der Waals surface area contributed by atoms with Crippen molar-refractivity contribution in [2.75, 3.05) is 31.1 Å². The van der Waals surface area contributed by atoms with Gasteiger partial charge in [0.05, 0.1) is 5.56 Å². The lowest BCUT2D eigenvalue weighted by Crippen LogP contribution is -2.38. The molecule has 0 N–H and O–H groups in total. The molecule has 0 saturated carbocycles. The second kappa shape index (κ2) is 5.81. The number of likely N-dealkylation sites (tertiary alicyclic amines) is 1. The van der Waals surface area contributed by atoms with Crippen LogP contribution in [0.3, 0.4) is 0 Å². The molecule has 4 heteroatoms. The van der Waals surface area contributed by atoms with Gasteiger partial charge in [0.25, 0.3) is 5.91 Å². The van der Waals surface area contributed by atoms with Crippen LogP contribution in [-0.4, -0.2) is 42.0 Å². The minimum atomic E-state index is 0.159. The Hall–Kier alpha value is -1.58. The smallest absolute Gasteiger partial charge is 0.257 e. The van der Waals surface area contributed by atoms with Gasteiger partial charge in [0.1, 0.15) is 5.82 Å². The number of carbonyl (C=O) groups excluding carboxylic acids is 1. The maximum atomic E-state index is 12.7. The second-order valence-electron chi connectivity index (χ2n) is 6.04. The van der Waals surface area contributed by atoms with Crippen LogP contribution in [0.5, 0.6) is 0 Å². The molecule has 0 unspecified atom stereocenters. The zero-order valence-corrected chi connectivity index (χ0v) is 12.2. The quantitative estimate of drug-likeness (QED) is 0.831. The second-order valence-corrected chi connectivity index (χ2v) is 6.04. The largest absolute Gasteiger partial charge is 0.356 e. The molecular weight excluding hydrogens is 250 g/mol. The zero-order valence-electron chi connectivity index (χ0n) is 12.2. The highest BCUT2D eigenvalue weighted by molar-refractivity contribution is 5.99. The van der Waals surface area contributed by atoms with Gasteiger partial charge in [-0.15, -0.1) is 0 Å². The Balaban J connectivity index is 1.80. The molecule has 0 aromatic carbocycles. The van der Waals surface area contributed by atoms with Gasteiger partial charge in [0.15, 0.2) is 0 Å². The van der Waals surface area contributed by atoms with E-state index >= 15 is 0 Å². The molecule has 1 amide bonds. The van der Waals surface area contributed by atoms with Gasteiger partial charge in [-0.3, -0.25) is 4.79 Å². The van der Waals surface area contributed by atoms with Crippen molar-refractivity contribution < 1.29 is 4.79 Å². The third kappa shape index (κ3) is 2.65. The molecule has 2 aliphatic heterocycles. The number of piperidine rings is 1. The standard InChI is InChI=1S/C16H23N3O/c1-13-6-11-19(12-7-13)16(20)14-5-4-8-17-15(14)18-9-2-3-10-18/h4-5,8,13H,2-3,6-7,9-12H2,1H3. The molecule has 0 bridgehead atoms. The molecule has 108 valence electrons. The molecule has 2 aliphatic rings. The topological polar surface area (TPSA) is 36.4 Å². The SMILES string of the molecule is CC1CCN(C(=O)c2cccnc2N2CCCC2)CC1. The van der Waals surface area contributed by atoms with Crippen molar-refractivity contribution >= 4 is 11.7 Å². The van der Waals surface area contributed by atoms with E-state index in [-0.39, 0.29) is 5.91 Å². The molecule has 2 fully saturated rings. The van der Waals surface area contributed by atoms with Crippen molar-refractivity contribution in [1.82, 2.24) is 9.88 Å². The van der Waals surface area contributed by atoms with E-state index in [0.717, 1.165) is 56.3 Å². The summed E-state index contributed by atoms with van der Waals surface area (Å²) in [6.45, 7) is 6.08. The van der Waals surface area contributed by atoms with Crippen LogP contribution in [0, 0.1) is 5.92 Å². The molecule has 1 aromatic heterocycles. The van der Waals surface area contributed by atoms with Crippen LogP contribution in [0.4, 0.5) is 5.82 Å². The molecule has 0 radical (unpaired) electrons. The van der Waals surface area contributed by atoms with Crippen LogP contribution >= 0.6 is 0 Å². The molecule has 1 aromatic rings. The first-order valence-corrected chi connectivity index (χ1v) is 7.75. The number of rotatable bonds is 2. The minimum Gasteiger partial charge on any atom is -0.356 e. The summed E-state index contributed by atoms with van der Waals surface area (Å²) in [5.74, 6) is 1.78. The Bertz CT molecular complexity index is 474. The summed E-state index contributed by atoms with van der Waals surface area (Å²) >= 11 is 0. The molecule has 3 heterocycles. The maximum absolute atomic E-state index is 12.7. The fourth-order valence-electron chi connectivity index (χ4n) is 3.13. The lowest BCUT2D eigenvalue weighted by molar-refractivity contribution is 0.0697. The molecule has 3 rings (SSSR count). The number of amides is 1. The molecule has 0 spiro atoms. The molecule has 4 nitrogen and oxygen atoms in total. The molecule has 0 atom stereocenters. The van der Waals surface area contributed by atoms with Gasteiger partial charge < -0.3 is 9.80 Å². The van der Waals surface area contributed by atoms with Gasteiger partial charge in [-0.25, -0.2) is 4.98 Å². The van der Waals surface area contributed by atoms with Crippen LogP contribution in [-0.2, 0) is 0 Å². The van der Waals surface area contributed by atoms with Gasteiger partial charge >= 0.3 is 0 Å². The van der Waals surface area contributed by atoms with Gasteiger partial charge in [0, 0.05) is 32.4 Å². The van der Waals surface area contributed by atoms with Crippen LogP contribution < -0.4 is 4.90 Å². The number of hydrogen-bond acceptors (Lipinski definition) is 3. The first-order valence-electron chi connectivity index (χ1n) is 7.75. The van der Waals surface area contributed by atoms with Crippen molar-refractivity contribution in [3.8, 4) is 0 Å². The van der Waals surface area contributed by atoms with Crippen molar-refractivity contribution in [2.24, 2.45) is 5.92 Å². The Morgan fingerprint density at radius 1 is 1.20 bits per heavy atom. The summed E-state index contributed by atoms with van der Waals surface area (Å²) in [6.07, 6.45) is 6.43. The van der Waals surface area contributed by atoms with Crippen LogP contribution in [0.1, 0.15) is 43.0 Å². The van der Waals surface area contributed by atoms with Crippen molar-refractivity contribution in [2.45, 2.75) is 32.6 Å². The Kier molecular flexibility index (Phi) is 3.90. The zero-order chi connectivity index (χ0) is 13.9. The fraction of sp³-hybridized carbons (Fsp3) is 0.625. The number of pyridine rings is 1. The number of anilines is 1. The van der Waals surface area contributed by atoms with Crippen LogP contribution in [0.2, 0.25) is 0 Å². The number of nitrogens with zero attached hydrogens (tertiary/aromatic N) is 3. The van der Waals surface area contributed by atoms with Gasteiger partial charge in [-0.05, 0) is 43.7 Å². The summed E-state index contributed by atoms with van der Waals surface area (Å²) < 4.78 is 0. The van der Waals surface area contributed by atoms with Gasteiger partial charge in [-0.1, -0.05) is 6.92 Å². The normalized spacial score (nSPS) is 20.4. The summed E-state index contributed by atoms with van der Waals surface area (Å²) in [7, 11) is 0. The number of hydrogen-bond donors (Lipinski definition) is 0. The van der Waals surface area contributed by atoms with E-state index < -0.39 is 0 Å². The molecular formula is C16H23N3O. The fourth-order valence-corrected chi connectivity index (χ4v) is 3.13. The Labute approximate surface area is 120 Å². The van der Waals surface area contributed by atoms with E-state index in [2.05, 4.69) is 16.8 Å². The average molecular weight is 273 g/mol. The molecule has 2 saturated heterocycles. The lowest BCUT2D eigenvalue weighted by atomic mass is 9.98. The van der Waals surface area contributed by atoms with E-state index in [0.29, 0.717) is 0 Å². The van der Waals surface area contributed by atoms with Crippen molar-refractivity contribution in [1.29, 1.82) is 0 Å². The monoisotopic (exact) mass is 273 g/mol. The van der Waals surface area contributed by atoms with E-state index in [1.807, 2.05) is 17.0 Å². The summed E-state index contributed by atoms with van der Waals surface area (Å²) in [4.78, 5) is 21.5. The van der Waals surface area contributed by atoms with Crippen molar-refractivity contribution in [3.05, 3.63) is 23.9 Å². The summed E-state index contributed by atoms with van der Waals surface area (Å²) in [5.41, 5.74) is 0.781. The predicted molar refractivity (Wildman–Crippen MR) is 80.0 cm³/mol. The van der Waals surface area contributed by atoms with Gasteiger partial charge in [-0.2, -0.15) is 0 Å². The van der Waals surface area contributed by atoms with Crippen molar-refractivity contribution in [3.63, 3.8) is 0 Å². The number of aromatic nitrogens is 1. The minimum absolute atomic E-state index is 0.159. The highest BCUT2D eigenvalue weighted by atomic mass is 16.2. The predicted octanol–water partition coefficient (Wildman–Crippen LogP) is 2.55. The van der Waals surface area contributed by atoms with E-state index in [1.165, 1.54) is 12.8 Å². The third-order valence-electron chi connectivity index (χ3n) is 4.49. The summed E-state index contributed by atoms with van der Waals surface area (Å²) in [6, 6.07) is 3.81. The van der Waals surface area contributed by atoms with Gasteiger partial charge in [0.2, 0.25) is 0 Å². The number of carbonyl (C=O) groups is 1. The van der Waals surface area contributed by atoms with Crippen LogP contribution in [0.15, 0.2) is 18.3 Å². The summed E-state index contributed by atoms with van der Waals surface area (Å²) in [5, 5.41) is 0. The first-order chi connectivity index (χ1) is 9.75. The molecule has 0 aliphatic carbocycles. The average Bonchev–Trinajstić information content (AvgIpc) is 3.01. The Morgan fingerprint density at radius 3 is 2.60 bits per heavy atom. The highest BCUT2D eigenvalue weighted by Crippen LogP contribution is 2.25. The van der Waals surface area contributed by atoms with Crippen LogP contribution in [0.25, 0.3) is 0 Å². The first kappa shape index (κ1) is 13.4. The van der Waals surface area contributed by atoms with E-state index in [1.54, 1.807) is 6.20 Å². The van der Waals surface area contributed by atoms with E-state index in [4.69, 9.17) is 0 Å². The molecule has 20 heavy (non-hydrogen) atoms. The lowest BCUT2D eigenvalue weighted by Gasteiger charge is -2.31. The highest BCUT2D eigenvalue weighted by Gasteiger charge is 2.26. The van der Waals surface area contributed by atoms with E-state index in [9.17, 15) is 4.79 Å². The Morgan fingerprint density at radius 2 is 1.90 bits per heavy atom. The third-order valence-corrected chi connectivity index (χ3v) is 4.49. The maximum Gasteiger partial charge on any atom is 0.257 e.